The quantitative estimate of drug-likeness (QED) is 0.172. The van der Waals surface area contributed by atoms with Crippen molar-refractivity contribution in [3.8, 4) is 23.0 Å². The van der Waals surface area contributed by atoms with Gasteiger partial charge in [-0.2, -0.15) is 5.10 Å². The molecule has 2 aromatic carbocycles. The molecule has 7 nitrogen and oxygen atoms in total. The fourth-order valence-electron chi connectivity index (χ4n) is 2.60. The van der Waals surface area contributed by atoms with Crippen LogP contribution < -0.4 is 29.7 Å². The monoisotopic (exact) mass is 463 g/mol. The second-order valence-electron chi connectivity index (χ2n) is 6.16. The van der Waals surface area contributed by atoms with Crippen LogP contribution in [0.15, 0.2) is 48.1 Å². The first kappa shape index (κ1) is 24.3. The van der Waals surface area contributed by atoms with Gasteiger partial charge in [0.25, 0.3) is 0 Å². The van der Waals surface area contributed by atoms with E-state index in [2.05, 4.69) is 22.4 Å². The highest BCUT2D eigenvalue weighted by Gasteiger charge is 2.12. The maximum absolute atomic E-state index is 6.38. The van der Waals surface area contributed by atoms with Crippen molar-refractivity contribution < 1.29 is 18.9 Å². The van der Waals surface area contributed by atoms with Crippen LogP contribution >= 0.6 is 23.8 Å². The number of nitrogens with zero attached hydrogens (tertiary/aromatic N) is 1. The van der Waals surface area contributed by atoms with Crippen LogP contribution in [0.5, 0.6) is 23.0 Å². The SMILES string of the molecule is C=CCc1ccc(OCCOc2c(Cl)cc(C=NNC(=S)NC)cc2OC)c(OC)c1. The minimum atomic E-state index is 0.263. The van der Waals surface area contributed by atoms with Gasteiger partial charge >= 0.3 is 0 Å². The van der Waals surface area contributed by atoms with Crippen molar-refractivity contribution in [1.82, 2.24) is 10.7 Å². The molecule has 9 heteroatoms. The first-order valence-corrected chi connectivity index (χ1v) is 10.2. The number of allylic oxidation sites excluding steroid dienone is 1. The van der Waals surface area contributed by atoms with Gasteiger partial charge in [0.1, 0.15) is 13.2 Å². The molecule has 0 spiro atoms. The lowest BCUT2D eigenvalue weighted by Crippen LogP contribution is -2.28. The van der Waals surface area contributed by atoms with Crippen molar-refractivity contribution in [3.05, 3.63) is 59.1 Å². The van der Waals surface area contributed by atoms with Gasteiger partial charge in [-0.3, -0.25) is 5.43 Å². The highest BCUT2D eigenvalue weighted by molar-refractivity contribution is 7.80. The molecule has 0 saturated heterocycles. The maximum atomic E-state index is 6.38. The summed E-state index contributed by atoms with van der Waals surface area (Å²) in [5, 5.41) is 7.59. The summed E-state index contributed by atoms with van der Waals surface area (Å²) in [5.41, 5.74) is 4.49. The first-order chi connectivity index (χ1) is 15.0. The smallest absolute Gasteiger partial charge is 0.186 e. The van der Waals surface area contributed by atoms with Gasteiger partial charge in [0.2, 0.25) is 0 Å². The largest absolute Gasteiger partial charge is 0.493 e. The predicted molar refractivity (Wildman–Crippen MR) is 128 cm³/mol. The molecule has 31 heavy (non-hydrogen) atoms. The van der Waals surface area contributed by atoms with E-state index in [4.69, 9.17) is 42.8 Å². The van der Waals surface area contributed by atoms with Crippen molar-refractivity contribution in [3.63, 3.8) is 0 Å². The van der Waals surface area contributed by atoms with Crippen molar-refractivity contribution in [2.45, 2.75) is 6.42 Å². The summed E-state index contributed by atoms with van der Waals surface area (Å²) in [5.74, 6) is 2.20. The number of benzene rings is 2. The van der Waals surface area contributed by atoms with Crippen molar-refractivity contribution in [2.75, 3.05) is 34.5 Å². The van der Waals surface area contributed by atoms with Gasteiger partial charge in [-0.25, -0.2) is 0 Å². The standard InChI is InChI=1S/C22H26ClN3O4S/c1-5-6-15-7-8-18(19(12-15)27-3)29-9-10-30-21-17(23)11-16(13-20(21)28-4)14-25-26-22(31)24-2/h5,7-8,11-14H,1,6,9-10H2,2-4H3,(H2,24,26,31). The summed E-state index contributed by atoms with van der Waals surface area (Å²) in [4.78, 5) is 0. The average molecular weight is 464 g/mol. The zero-order valence-electron chi connectivity index (χ0n) is 17.7. The predicted octanol–water partition coefficient (Wildman–Crippen LogP) is 3.97. The third-order valence-corrected chi connectivity index (χ3v) is 4.63. The molecular weight excluding hydrogens is 438 g/mol. The second kappa shape index (κ2) is 12.7. The average Bonchev–Trinajstić information content (AvgIpc) is 2.78. The van der Waals surface area contributed by atoms with E-state index < -0.39 is 0 Å². The lowest BCUT2D eigenvalue weighted by molar-refractivity contribution is 0.206. The normalized spacial score (nSPS) is 10.5. The molecule has 0 unspecified atom stereocenters. The van der Waals surface area contributed by atoms with Gasteiger partial charge in [-0.1, -0.05) is 23.7 Å². The zero-order chi connectivity index (χ0) is 22.6. The molecule has 0 amide bonds. The number of thiocarbonyl (C=S) groups is 1. The van der Waals surface area contributed by atoms with E-state index in [-0.39, 0.29) is 6.61 Å². The summed E-state index contributed by atoms with van der Waals surface area (Å²) in [6.45, 7) is 4.31. The number of hydrogen-bond donors (Lipinski definition) is 2. The lowest BCUT2D eigenvalue weighted by Gasteiger charge is -2.15. The Balaban J connectivity index is 1.99. The van der Waals surface area contributed by atoms with Crippen LogP contribution in [0, 0.1) is 0 Å². The van der Waals surface area contributed by atoms with Crippen LogP contribution in [0.3, 0.4) is 0 Å². The molecule has 0 bridgehead atoms. The van der Waals surface area contributed by atoms with Crippen LogP contribution in [-0.2, 0) is 6.42 Å². The molecule has 0 aliphatic carbocycles. The Morgan fingerprint density at radius 1 is 1.10 bits per heavy atom. The Morgan fingerprint density at radius 2 is 1.84 bits per heavy atom. The van der Waals surface area contributed by atoms with Crippen LogP contribution in [0.4, 0.5) is 0 Å². The molecule has 166 valence electrons. The molecule has 0 aliphatic heterocycles. The molecule has 0 aliphatic rings. The number of hydrogen-bond acceptors (Lipinski definition) is 6. The van der Waals surface area contributed by atoms with Crippen LogP contribution in [0.2, 0.25) is 5.02 Å². The van der Waals surface area contributed by atoms with Crippen molar-refractivity contribution in [1.29, 1.82) is 0 Å². The fraction of sp³-hybridized carbons (Fsp3) is 0.273. The van der Waals surface area contributed by atoms with E-state index in [1.54, 1.807) is 39.6 Å². The Labute approximate surface area is 193 Å². The third kappa shape index (κ3) is 7.34. The Kier molecular flexibility index (Phi) is 9.93. The van der Waals surface area contributed by atoms with E-state index in [0.29, 0.717) is 39.7 Å². The molecule has 0 atom stereocenters. The van der Waals surface area contributed by atoms with Crippen LogP contribution in [-0.4, -0.2) is 45.8 Å². The minimum absolute atomic E-state index is 0.263. The Morgan fingerprint density at radius 3 is 2.52 bits per heavy atom. The molecule has 0 radical (unpaired) electrons. The summed E-state index contributed by atoms with van der Waals surface area (Å²) in [6, 6.07) is 9.24. The van der Waals surface area contributed by atoms with Gasteiger partial charge in [0, 0.05) is 7.05 Å². The fourth-order valence-corrected chi connectivity index (χ4v) is 2.92. The maximum Gasteiger partial charge on any atom is 0.186 e. The summed E-state index contributed by atoms with van der Waals surface area (Å²) in [7, 11) is 4.85. The highest BCUT2D eigenvalue weighted by atomic mass is 35.5. The first-order valence-electron chi connectivity index (χ1n) is 9.44. The molecule has 0 fully saturated rings. The lowest BCUT2D eigenvalue weighted by atomic mass is 10.1. The van der Waals surface area contributed by atoms with E-state index in [1.807, 2.05) is 24.3 Å². The zero-order valence-corrected chi connectivity index (χ0v) is 19.3. The molecule has 0 aromatic heterocycles. The third-order valence-electron chi connectivity index (χ3n) is 4.05. The molecule has 0 saturated carbocycles. The van der Waals surface area contributed by atoms with Crippen molar-refractivity contribution >= 4 is 35.1 Å². The number of hydrazone groups is 1. The Hall–Kier alpha value is -2.97. The molecule has 2 N–H and O–H groups in total. The van der Waals surface area contributed by atoms with Crippen LogP contribution in [0.1, 0.15) is 11.1 Å². The van der Waals surface area contributed by atoms with E-state index >= 15 is 0 Å². The summed E-state index contributed by atoms with van der Waals surface area (Å²) in [6.07, 6.45) is 4.18. The van der Waals surface area contributed by atoms with Gasteiger partial charge in [-0.15, -0.1) is 6.58 Å². The molecule has 0 heterocycles. The van der Waals surface area contributed by atoms with E-state index in [0.717, 1.165) is 17.5 Å². The van der Waals surface area contributed by atoms with Gasteiger partial charge in [0.05, 0.1) is 25.5 Å². The molecule has 2 rings (SSSR count). The van der Waals surface area contributed by atoms with Gasteiger partial charge < -0.3 is 24.3 Å². The second-order valence-corrected chi connectivity index (χ2v) is 6.97. The van der Waals surface area contributed by atoms with Gasteiger partial charge in [0.15, 0.2) is 28.1 Å². The number of halogens is 1. The highest BCUT2D eigenvalue weighted by Crippen LogP contribution is 2.36. The molecule has 2 aromatic rings. The number of ether oxygens (including phenoxy) is 4. The topological polar surface area (TPSA) is 73.3 Å². The Bertz CT molecular complexity index is 937. The molecular formula is C22H26ClN3O4S. The van der Waals surface area contributed by atoms with Crippen molar-refractivity contribution in [2.24, 2.45) is 5.10 Å². The summed E-state index contributed by atoms with van der Waals surface area (Å²) >= 11 is 11.3. The minimum Gasteiger partial charge on any atom is -0.493 e. The number of methoxy groups -OCH3 is 2. The van der Waals surface area contributed by atoms with Gasteiger partial charge in [-0.05, 0) is 54.0 Å². The number of rotatable bonds is 11. The summed E-state index contributed by atoms with van der Waals surface area (Å²) < 4.78 is 22.4. The van der Waals surface area contributed by atoms with E-state index in [9.17, 15) is 0 Å². The van der Waals surface area contributed by atoms with Crippen LogP contribution in [0.25, 0.3) is 0 Å². The number of nitrogens with one attached hydrogen (secondary N) is 2. The van der Waals surface area contributed by atoms with E-state index in [1.165, 1.54) is 0 Å².